The van der Waals surface area contributed by atoms with Crippen molar-refractivity contribution in [3.63, 3.8) is 0 Å². The Morgan fingerprint density at radius 1 is 1.43 bits per heavy atom. The van der Waals surface area contributed by atoms with E-state index in [-0.39, 0.29) is 11.7 Å². The zero-order chi connectivity index (χ0) is 15.2. The monoisotopic (exact) mass is 325 g/mol. The molecule has 1 aromatic carbocycles. The molecule has 8 heteroatoms. The second-order valence-corrected chi connectivity index (χ2v) is 5.51. The molecule has 0 aliphatic carbocycles. The predicted molar refractivity (Wildman–Crippen MR) is 84.4 cm³/mol. The van der Waals surface area contributed by atoms with Gasteiger partial charge in [0.2, 0.25) is 5.91 Å². The summed E-state index contributed by atoms with van der Waals surface area (Å²) in [4.78, 5) is 11.9. The standard InChI is InChI=1S/C13H16ClN5OS/c1-2-19-11(7-15)17-18-13(19)21-8-12(20)16-10-6-4-3-5-9(10)14/h3-6H,2,7-8,15H2,1H3,(H,16,20). The van der Waals surface area contributed by atoms with Gasteiger partial charge in [-0.1, -0.05) is 35.5 Å². The third-order valence-electron chi connectivity index (χ3n) is 2.77. The topological polar surface area (TPSA) is 85.8 Å². The van der Waals surface area contributed by atoms with Crippen LogP contribution in [-0.4, -0.2) is 26.4 Å². The Balaban J connectivity index is 1.95. The predicted octanol–water partition coefficient (Wildman–Crippen LogP) is 2.14. The van der Waals surface area contributed by atoms with Gasteiger partial charge in [0.25, 0.3) is 0 Å². The number of amides is 1. The molecule has 0 spiro atoms. The fourth-order valence-corrected chi connectivity index (χ4v) is 2.78. The lowest BCUT2D eigenvalue weighted by atomic mass is 10.3. The number of carbonyl (C=O) groups is 1. The number of thioether (sulfide) groups is 1. The van der Waals surface area contributed by atoms with Crippen molar-refractivity contribution in [1.29, 1.82) is 0 Å². The lowest BCUT2D eigenvalue weighted by Crippen LogP contribution is -2.15. The van der Waals surface area contributed by atoms with E-state index < -0.39 is 0 Å². The van der Waals surface area contributed by atoms with E-state index in [1.54, 1.807) is 12.1 Å². The molecule has 21 heavy (non-hydrogen) atoms. The Labute approximate surface area is 132 Å². The smallest absolute Gasteiger partial charge is 0.234 e. The summed E-state index contributed by atoms with van der Waals surface area (Å²) in [6.07, 6.45) is 0. The van der Waals surface area contributed by atoms with Crippen molar-refractivity contribution in [1.82, 2.24) is 14.8 Å². The molecule has 112 valence electrons. The van der Waals surface area contributed by atoms with Gasteiger partial charge in [0.1, 0.15) is 5.82 Å². The highest BCUT2D eigenvalue weighted by Gasteiger charge is 2.12. The Morgan fingerprint density at radius 2 is 2.19 bits per heavy atom. The van der Waals surface area contributed by atoms with Crippen LogP contribution in [0.5, 0.6) is 0 Å². The van der Waals surface area contributed by atoms with Gasteiger partial charge in [0.15, 0.2) is 5.16 Å². The summed E-state index contributed by atoms with van der Waals surface area (Å²) in [6, 6.07) is 7.11. The van der Waals surface area contributed by atoms with Crippen molar-refractivity contribution >= 4 is 35.0 Å². The van der Waals surface area contributed by atoms with E-state index in [0.717, 1.165) is 0 Å². The molecule has 2 aromatic rings. The summed E-state index contributed by atoms with van der Waals surface area (Å²) in [7, 11) is 0. The normalized spacial score (nSPS) is 10.6. The molecule has 0 unspecified atom stereocenters. The number of rotatable bonds is 6. The van der Waals surface area contributed by atoms with Crippen molar-refractivity contribution in [2.75, 3.05) is 11.1 Å². The molecular formula is C13H16ClN5OS. The molecule has 0 fully saturated rings. The maximum absolute atomic E-state index is 11.9. The minimum atomic E-state index is -0.145. The number of halogens is 1. The summed E-state index contributed by atoms with van der Waals surface area (Å²) in [6.45, 7) is 3.03. The molecule has 0 radical (unpaired) electrons. The summed E-state index contributed by atoms with van der Waals surface area (Å²) in [5.74, 6) is 0.799. The van der Waals surface area contributed by atoms with Crippen LogP contribution in [0.25, 0.3) is 0 Å². The van der Waals surface area contributed by atoms with Gasteiger partial charge in [-0.05, 0) is 19.1 Å². The van der Waals surface area contributed by atoms with Crippen LogP contribution in [0.2, 0.25) is 5.02 Å². The van der Waals surface area contributed by atoms with Crippen molar-refractivity contribution in [3.8, 4) is 0 Å². The fraction of sp³-hybridized carbons (Fsp3) is 0.308. The van der Waals surface area contributed by atoms with E-state index in [0.29, 0.717) is 34.8 Å². The van der Waals surface area contributed by atoms with Crippen LogP contribution in [0.1, 0.15) is 12.7 Å². The number of anilines is 1. The van der Waals surface area contributed by atoms with Crippen molar-refractivity contribution in [2.45, 2.75) is 25.2 Å². The summed E-state index contributed by atoms with van der Waals surface area (Å²) < 4.78 is 1.90. The van der Waals surface area contributed by atoms with E-state index in [2.05, 4.69) is 15.5 Å². The quantitative estimate of drug-likeness (QED) is 0.795. The Bertz CT molecular complexity index is 631. The molecule has 2 rings (SSSR count). The third kappa shape index (κ3) is 3.96. The largest absolute Gasteiger partial charge is 0.324 e. The van der Waals surface area contributed by atoms with Gasteiger partial charge in [-0.3, -0.25) is 4.79 Å². The number of nitrogens with one attached hydrogen (secondary N) is 1. The Kier molecular flexibility index (Phi) is 5.60. The number of para-hydroxylation sites is 1. The first-order chi connectivity index (χ1) is 10.2. The van der Waals surface area contributed by atoms with Gasteiger partial charge in [-0.15, -0.1) is 10.2 Å². The number of nitrogens with zero attached hydrogens (tertiary/aromatic N) is 3. The van der Waals surface area contributed by atoms with E-state index >= 15 is 0 Å². The summed E-state index contributed by atoms with van der Waals surface area (Å²) >= 11 is 7.31. The molecule has 0 aliphatic rings. The highest BCUT2D eigenvalue weighted by Crippen LogP contribution is 2.22. The second kappa shape index (κ2) is 7.44. The van der Waals surface area contributed by atoms with E-state index in [1.165, 1.54) is 11.8 Å². The zero-order valence-electron chi connectivity index (χ0n) is 11.5. The van der Waals surface area contributed by atoms with Crippen LogP contribution in [0.3, 0.4) is 0 Å². The van der Waals surface area contributed by atoms with Gasteiger partial charge in [-0.25, -0.2) is 0 Å². The number of benzene rings is 1. The average molecular weight is 326 g/mol. The fourth-order valence-electron chi connectivity index (χ4n) is 1.77. The maximum Gasteiger partial charge on any atom is 0.234 e. The second-order valence-electron chi connectivity index (χ2n) is 4.16. The number of carbonyl (C=O) groups excluding carboxylic acids is 1. The number of hydrogen-bond donors (Lipinski definition) is 2. The molecule has 0 saturated carbocycles. The SMILES string of the molecule is CCn1c(CN)nnc1SCC(=O)Nc1ccccc1Cl. The Morgan fingerprint density at radius 3 is 2.86 bits per heavy atom. The number of hydrogen-bond acceptors (Lipinski definition) is 5. The van der Waals surface area contributed by atoms with Crippen LogP contribution >= 0.6 is 23.4 Å². The van der Waals surface area contributed by atoms with Crippen molar-refractivity contribution in [2.24, 2.45) is 5.73 Å². The first-order valence-corrected chi connectivity index (χ1v) is 7.81. The lowest BCUT2D eigenvalue weighted by Gasteiger charge is -2.07. The highest BCUT2D eigenvalue weighted by atomic mass is 35.5. The molecular weight excluding hydrogens is 310 g/mol. The molecule has 1 amide bonds. The minimum Gasteiger partial charge on any atom is -0.324 e. The molecule has 1 aromatic heterocycles. The van der Waals surface area contributed by atoms with Crippen LogP contribution in [0.4, 0.5) is 5.69 Å². The number of nitrogens with two attached hydrogens (primary N) is 1. The van der Waals surface area contributed by atoms with Gasteiger partial charge in [-0.2, -0.15) is 0 Å². The molecule has 6 nitrogen and oxygen atoms in total. The summed E-state index contributed by atoms with van der Waals surface area (Å²) in [5, 5.41) is 12.0. The van der Waals surface area contributed by atoms with Crippen molar-refractivity contribution < 1.29 is 4.79 Å². The van der Waals surface area contributed by atoms with E-state index in [4.69, 9.17) is 17.3 Å². The van der Waals surface area contributed by atoms with Gasteiger partial charge in [0.05, 0.1) is 23.0 Å². The number of aromatic nitrogens is 3. The van der Waals surface area contributed by atoms with Gasteiger partial charge in [0, 0.05) is 6.54 Å². The highest BCUT2D eigenvalue weighted by molar-refractivity contribution is 7.99. The van der Waals surface area contributed by atoms with Crippen LogP contribution in [0.15, 0.2) is 29.4 Å². The minimum absolute atomic E-state index is 0.145. The maximum atomic E-state index is 11.9. The van der Waals surface area contributed by atoms with Gasteiger partial charge >= 0.3 is 0 Å². The lowest BCUT2D eigenvalue weighted by molar-refractivity contribution is -0.113. The summed E-state index contributed by atoms with van der Waals surface area (Å²) in [5.41, 5.74) is 6.19. The molecule has 3 N–H and O–H groups in total. The molecule has 1 heterocycles. The van der Waals surface area contributed by atoms with Crippen molar-refractivity contribution in [3.05, 3.63) is 35.1 Å². The average Bonchev–Trinajstić information content (AvgIpc) is 2.89. The van der Waals surface area contributed by atoms with Crippen LogP contribution in [-0.2, 0) is 17.9 Å². The molecule has 0 aliphatic heterocycles. The van der Waals surface area contributed by atoms with Crippen LogP contribution in [0, 0.1) is 0 Å². The zero-order valence-corrected chi connectivity index (χ0v) is 13.1. The van der Waals surface area contributed by atoms with Gasteiger partial charge < -0.3 is 15.6 Å². The first-order valence-electron chi connectivity index (χ1n) is 6.45. The Hall–Kier alpha value is -1.57. The van der Waals surface area contributed by atoms with Crippen LogP contribution < -0.4 is 11.1 Å². The molecule has 0 atom stereocenters. The third-order valence-corrected chi connectivity index (χ3v) is 4.07. The molecule has 0 bridgehead atoms. The van der Waals surface area contributed by atoms with E-state index in [1.807, 2.05) is 23.6 Å². The first kappa shape index (κ1) is 15.8. The molecule has 0 saturated heterocycles. The van der Waals surface area contributed by atoms with E-state index in [9.17, 15) is 4.79 Å².